The van der Waals surface area contributed by atoms with E-state index < -0.39 is 0 Å². The van der Waals surface area contributed by atoms with Crippen LogP contribution in [0.5, 0.6) is 5.75 Å². The monoisotopic (exact) mass is 487 g/mol. The fourth-order valence-corrected chi connectivity index (χ4v) is 3.75. The topological polar surface area (TPSA) is 54.3 Å². The van der Waals surface area contributed by atoms with Crippen LogP contribution >= 0.6 is 24.0 Å². The highest BCUT2D eigenvalue weighted by molar-refractivity contribution is 6.30. The van der Waals surface area contributed by atoms with E-state index in [-0.39, 0.29) is 12.4 Å². The van der Waals surface area contributed by atoms with Gasteiger partial charge in [-0.05, 0) is 74.5 Å². The smallest absolute Gasteiger partial charge is 0.174 e. The number of hydrogen-bond donors (Lipinski definition) is 1. The first kappa shape index (κ1) is 25.2. The third-order valence-electron chi connectivity index (χ3n) is 5.25. The molecule has 0 unspecified atom stereocenters. The van der Waals surface area contributed by atoms with Crippen molar-refractivity contribution in [1.29, 1.82) is 0 Å². The van der Waals surface area contributed by atoms with Crippen LogP contribution in [0.25, 0.3) is 22.6 Å². The molecule has 0 amide bonds. The lowest BCUT2D eigenvalue weighted by Crippen LogP contribution is -2.14. The molecule has 0 aliphatic carbocycles. The predicted molar refractivity (Wildman–Crippen MR) is 138 cm³/mol. The number of aromatic nitrogens is 2. The fraction of sp³-hybridized carbons (Fsp3) is 0.346. The van der Waals surface area contributed by atoms with Crippen molar-refractivity contribution in [3.8, 4) is 17.3 Å². The number of nitrogens with zero attached hydrogens (tertiary/aromatic N) is 2. The number of hydrogen-bond acceptors (Lipinski definition) is 4. The zero-order valence-corrected chi connectivity index (χ0v) is 21.1. The number of H-pyrrole nitrogens is 1. The average molecular weight is 488 g/mol. The third-order valence-corrected chi connectivity index (χ3v) is 5.48. The average Bonchev–Trinajstić information content (AvgIpc) is 3.38. The number of likely N-dealkylation sites (N-methyl/N-ethyl adjacent to an activating group) is 1. The number of rotatable bonds is 9. The fourth-order valence-electron chi connectivity index (χ4n) is 3.55. The summed E-state index contributed by atoms with van der Waals surface area (Å²) in [6, 6.07) is 16.0. The molecule has 1 N–H and O–H groups in total. The second-order valence-corrected chi connectivity index (χ2v) is 9.33. The molecule has 0 radical (unpaired) electrons. The first-order valence-electron chi connectivity index (χ1n) is 11.0. The Morgan fingerprint density at radius 1 is 1.09 bits per heavy atom. The van der Waals surface area contributed by atoms with Gasteiger partial charge in [-0.2, -0.15) is 0 Å². The number of imidazole rings is 1. The molecule has 0 saturated carbocycles. The third kappa shape index (κ3) is 6.53. The van der Waals surface area contributed by atoms with Crippen molar-refractivity contribution in [2.24, 2.45) is 5.92 Å². The zero-order chi connectivity index (χ0) is 22.7. The van der Waals surface area contributed by atoms with Gasteiger partial charge in [0.05, 0.1) is 17.6 Å². The largest absolute Gasteiger partial charge is 0.493 e. The van der Waals surface area contributed by atoms with Gasteiger partial charge in [-0.25, -0.2) is 4.98 Å². The van der Waals surface area contributed by atoms with Crippen molar-refractivity contribution in [3.63, 3.8) is 0 Å². The van der Waals surface area contributed by atoms with Crippen LogP contribution in [0.15, 0.2) is 52.9 Å². The molecule has 0 spiro atoms. The predicted octanol–water partition coefficient (Wildman–Crippen LogP) is 6.63. The van der Waals surface area contributed by atoms with Gasteiger partial charge >= 0.3 is 0 Å². The Morgan fingerprint density at radius 3 is 2.67 bits per heavy atom. The van der Waals surface area contributed by atoms with E-state index in [4.69, 9.17) is 25.7 Å². The highest BCUT2D eigenvalue weighted by Gasteiger charge is 2.13. The quantitative estimate of drug-likeness (QED) is 0.287. The zero-order valence-electron chi connectivity index (χ0n) is 19.5. The maximum atomic E-state index is 6.24. The van der Waals surface area contributed by atoms with Gasteiger partial charge < -0.3 is 19.0 Å². The molecule has 4 aromatic rings. The molecule has 0 aliphatic heterocycles. The molecule has 33 heavy (non-hydrogen) atoms. The molecule has 2 aromatic carbocycles. The summed E-state index contributed by atoms with van der Waals surface area (Å²) in [7, 11) is 4.17. The van der Waals surface area contributed by atoms with Crippen molar-refractivity contribution in [1.82, 2.24) is 14.9 Å². The molecule has 0 fully saturated rings. The van der Waals surface area contributed by atoms with E-state index in [0.717, 1.165) is 52.7 Å². The van der Waals surface area contributed by atoms with E-state index in [1.807, 2.05) is 30.3 Å². The van der Waals surface area contributed by atoms with Crippen molar-refractivity contribution in [2.45, 2.75) is 26.7 Å². The second kappa shape index (κ2) is 11.1. The lowest BCUT2D eigenvalue weighted by Gasteiger charge is -2.13. The normalized spacial score (nSPS) is 11.4. The molecule has 0 atom stereocenters. The number of halogens is 2. The van der Waals surface area contributed by atoms with Crippen LogP contribution in [0.4, 0.5) is 0 Å². The van der Waals surface area contributed by atoms with Crippen LogP contribution in [0.1, 0.15) is 30.7 Å². The summed E-state index contributed by atoms with van der Waals surface area (Å²) < 4.78 is 12.1. The molecule has 176 valence electrons. The van der Waals surface area contributed by atoms with Gasteiger partial charge in [0, 0.05) is 23.6 Å². The Labute approximate surface area is 206 Å². The van der Waals surface area contributed by atoms with Crippen molar-refractivity contribution in [2.75, 3.05) is 27.2 Å². The van der Waals surface area contributed by atoms with Crippen LogP contribution in [-0.4, -0.2) is 42.1 Å². The summed E-state index contributed by atoms with van der Waals surface area (Å²) in [5, 5.41) is 0.686. The SMILES string of the molecule is CC(C)COc1ccc(Cl)cc1Cc1ccc(-c2nc3ccc(CCN(C)C)cc3[nH]2)o1.Cl. The van der Waals surface area contributed by atoms with Gasteiger partial charge in [-0.15, -0.1) is 12.4 Å². The van der Waals surface area contributed by atoms with Crippen LogP contribution in [0.3, 0.4) is 0 Å². The number of furan rings is 1. The van der Waals surface area contributed by atoms with Gasteiger partial charge in [0.25, 0.3) is 0 Å². The van der Waals surface area contributed by atoms with E-state index in [2.05, 4.69) is 56.0 Å². The van der Waals surface area contributed by atoms with Crippen molar-refractivity contribution >= 4 is 35.0 Å². The van der Waals surface area contributed by atoms with Crippen molar-refractivity contribution in [3.05, 3.63) is 70.4 Å². The number of nitrogens with one attached hydrogen (secondary N) is 1. The standard InChI is InChI=1S/C26H30ClN3O2.ClH/c1-17(2)16-31-24-9-6-20(27)14-19(24)15-21-7-10-25(32-21)26-28-22-8-5-18(11-12-30(3)4)13-23(22)29-26;/h5-10,13-14,17H,11-12,15-16H2,1-4H3,(H,28,29);1H. The van der Waals surface area contributed by atoms with E-state index in [1.54, 1.807) is 0 Å². The molecule has 5 nitrogen and oxygen atoms in total. The minimum absolute atomic E-state index is 0. The molecule has 0 saturated heterocycles. The Kier molecular flexibility index (Phi) is 8.46. The van der Waals surface area contributed by atoms with Gasteiger partial charge in [0.15, 0.2) is 11.6 Å². The molecule has 0 aliphatic rings. The number of aromatic amines is 1. The van der Waals surface area contributed by atoms with Crippen molar-refractivity contribution < 1.29 is 9.15 Å². The second-order valence-electron chi connectivity index (χ2n) is 8.89. The Morgan fingerprint density at radius 2 is 1.91 bits per heavy atom. The first-order valence-corrected chi connectivity index (χ1v) is 11.4. The van der Waals surface area contributed by atoms with E-state index >= 15 is 0 Å². The Bertz CT molecular complexity index is 1200. The van der Waals surface area contributed by atoms with Gasteiger partial charge in [-0.3, -0.25) is 0 Å². The van der Waals surface area contributed by atoms with Gasteiger partial charge in [0.1, 0.15) is 11.5 Å². The minimum Gasteiger partial charge on any atom is -0.493 e. The van der Waals surface area contributed by atoms with E-state index in [0.29, 0.717) is 24.0 Å². The lowest BCUT2D eigenvalue weighted by atomic mass is 10.1. The van der Waals surface area contributed by atoms with Crippen LogP contribution in [0.2, 0.25) is 5.02 Å². The van der Waals surface area contributed by atoms with Crippen LogP contribution < -0.4 is 4.74 Å². The van der Waals surface area contributed by atoms with E-state index in [9.17, 15) is 0 Å². The molecular weight excluding hydrogens is 457 g/mol. The minimum atomic E-state index is 0. The summed E-state index contributed by atoms with van der Waals surface area (Å²) in [5.41, 5.74) is 4.25. The van der Waals surface area contributed by atoms with E-state index in [1.165, 1.54) is 5.56 Å². The summed E-state index contributed by atoms with van der Waals surface area (Å²) >= 11 is 6.24. The number of ether oxygens (including phenoxy) is 1. The van der Waals surface area contributed by atoms with Gasteiger partial charge in [-0.1, -0.05) is 31.5 Å². The Balaban J connectivity index is 0.00000306. The van der Waals surface area contributed by atoms with Crippen LogP contribution in [-0.2, 0) is 12.8 Å². The highest BCUT2D eigenvalue weighted by Crippen LogP contribution is 2.29. The maximum Gasteiger partial charge on any atom is 0.174 e. The van der Waals surface area contributed by atoms with Crippen LogP contribution in [0, 0.1) is 5.92 Å². The molecule has 7 heteroatoms. The molecule has 0 bridgehead atoms. The number of fused-ring (bicyclic) bond motifs is 1. The summed E-state index contributed by atoms with van der Waals surface area (Å²) in [6.45, 7) is 5.94. The molecule has 2 aromatic heterocycles. The molecular formula is C26H31Cl2N3O2. The summed E-state index contributed by atoms with van der Waals surface area (Å²) in [5.74, 6) is 3.58. The maximum absolute atomic E-state index is 6.24. The highest BCUT2D eigenvalue weighted by atomic mass is 35.5. The number of benzene rings is 2. The molecule has 4 rings (SSSR count). The first-order chi connectivity index (χ1) is 15.4. The summed E-state index contributed by atoms with van der Waals surface area (Å²) in [6.07, 6.45) is 1.60. The molecule has 2 heterocycles. The van der Waals surface area contributed by atoms with Gasteiger partial charge in [0.2, 0.25) is 0 Å². The summed E-state index contributed by atoms with van der Waals surface area (Å²) in [4.78, 5) is 10.3. The Hall–Kier alpha value is -2.47. The lowest BCUT2D eigenvalue weighted by molar-refractivity contribution is 0.268.